The minimum Gasteiger partial charge on any atom is -0.481 e. The predicted molar refractivity (Wildman–Crippen MR) is 59.0 cm³/mol. The van der Waals surface area contributed by atoms with E-state index in [1.54, 1.807) is 0 Å². The summed E-state index contributed by atoms with van der Waals surface area (Å²) in [7, 11) is 0. The first-order chi connectivity index (χ1) is 7.63. The Balaban J connectivity index is 2.22. The molecule has 4 heteroatoms. The lowest BCUT2D eigenvalue weighted by molar-refractivity contribution is -0.148. The number of unbranched alkanes of at least 4 members (excludes halogenated alkanes) is 3. The Bertz CT molecular complexity index is 249. The first kappa shape index (κ1) is 13.0. The molecule has 1 rings (SSSR count). The van der Waals surface area contributed by atoms with Crippen LogP contribution in [-0.2, 0) is 14.3 Å². The van der Waals surface area contributed by atoms with Crippen LogP contribution in [0.2, 0.25) is 0 Å². The zero-order chi connectivity index (χ0) is 12.0. The van der Waals surface area contributed by atoms with Gasteiger partial charge in [-0.15, -0.1) is 0 Å². The van der Waals surface area contributed by atoms with Gasteiger partial charge < -0.3 is 9.84 Å². The number of carboxylic acids is 1. The van der Waals surface area contributed by atoms with E-state index in [1.807, 2.05) is 0 Å². The van der Waals surface area contributed by atoms with Gasteiger partial charge in [-0.05, 0) is 19.3 Å². The van der Waals surface area contributed by atoms with Crippen LogP contribution in [0.4, 0.5) is 0 Å². The summed E-state index contributed by atoms with van der Waals surface area (Å²) in [4.78, 5) is 21.8. The average Bonchev–Trinajstić information content (AvgIpc) is 2.54. The molecular formula is C12H20O4. The Kier molecular flexibility index (Phi) is 5.29. The number of rotatable bonds is 7. The van der Waals surface area contributed by atoms with E-state index in [1.165, 1.54) is 12.8 Å². The van der Waals surface area contributed by atoms with E-state index in [-0.39, 0.29) is 18.5 Å². The summed E-state index contributed by atoms with van der Waals surface area (Å²) in [5.41, 5.74) is 0. The zero-order valence-electron chi connectivity index (χ0n) is 9.78. The second-order valence-corrected chi connectivity index (χ2v) is 4.44. The van der Waals surface area contributed by atoms with Crippen LogP contribution in [-0.4, -0.2) is 23.1 Å². The van der Waals surface area contributed by atoms with Crippen molar-refractivity contribution in [1.29, 1.82) is 0 Å². The molecule has 0 aromatic rings. The van der Waals surface area contributed by atoms with Crippen LogP contribution in [0.5, 0.6) is 0 Å². The highest BCUT2D eigenvalue weighted by molar-refractivity contribution is 5.80. The molecule has 92 valence electrons. The van der Waals surface area contributed by atoms with E-state index >= 15 is 0 Å². The largest absolute Gasteiger partial charge is 0.481 e. The van der Waals surface area contributed by atoms with Gasteiger partial charge in [-0.25, -0.2) is 0 Å². The molecule has 0 bridgehead atoms. The van der Waals surface area contributed by atoms with E-state index in [4.69, 9.17) is 9.84 Å². The Morgan fingerprint density at radius 3 is 2.81 bits per heavy atom. The maximum Gasteiger partial charge on any atom is 0.309 e. The van der Waals surface area contributed by atoms with Crippen molar-refractivity contribution in [2.75, 3.05) is 0 Å². The van der Waals surface area contributed by atoms with Gasteiger partial charge in [-0.2, -0.15) is 0 Å². The number of carbonyl (C=O) groups is 2. The lowest BCUT2D eigenvalue weighted by Crippen LogP contribution is -2.12. The summed E-state index contributed by atoms with van der Waals surface area (Å²) < 4.78 is 5.15. The summed E-state index contributed by atoms with van der Waals surface area (Å²) in [6.45, 7) is 2.15. The molecule has 1 N–H and O–H groups in total. The van der Waals surface area contributed by atoms with Crippen molar-refractivity contribution in [1.82, 2.24) is 0 Å². The molecule has 0 aromatic carbocycles. The van der Waals surface area contributed by atoms with Gasteiger partial charge in [0.25, 0.3) is 0 Å². The molecule has 4 nitrogen and oxygen atoms in total. The number of esters is 1. The third kappa shape index (κ3) is 4.21. The van der Waals surface area contributed by atoms with Crippen molar-refractivity contribution >= 4 is 11.9 Å². The van der Waals surface area contributed by atoms with Crippen molar-refractivity contribution in [2.24, 2.45) is 5.92 Å². The Labute approximate surface area is 96.0 Å². The Morgan fingerprint density at radius 1 is 1.44 bits per heavy atom. The maximum absolute atomic E-state index is 11.3. The number of cyclic esters (lactones) is 1. The van der Waals surface area contributed by atoms with E-state index in [0.29, 0.717) is 6.42 Å². The molecular weight excluding hydrogens is 208 g/mol. The van der Waals surface area contributed by atoms with Gasteiger partial charge in [-0.1, -0.05) is 26.2 Å². The minimum absolute atomic E-state index is 0.0475. The van der Waals surface area contributed by atoms with Crippen LogP contribution in [0.3, 0.4) is 0 Å². The molecule has 1 saturated heterocycles. The third-order valence-corrected chi connectivity index (χ3v) is 2.96. The molecule has 1 fully saturated rings. The molecule has 1 aliphatic heterocycles. The number of ether oxygens (including phenoxy) is 1. The first-order valence-electron chi connectivity index (χ1n) is 6.05. The molecule has 16 heavy (non-hydrogen) atoms. The lowest BCUT2D eigenvalue weighted by atomic mass is 9.98. The van der Waals surface area contributed by atoms with Crippen molar-refractivity contribution in [3.8, 4) is 0 Å². The normalized spacial score (nSPS) is 24.4. The van der Waals surface area contributed by atoms with Crippen molar-refractivity contribution in [3.63, 3.8) is 0 Å². The fourth-order valence-electron chi connectivity index (χ4n) is 2.08. The molecule has 0 aliphatic carbocycles. The fraction of sp³-hybridized carbons (Fsp3) is 0.833. The Hall–Kier alpha value is -1.06. The van der Waals surface area contributed by atoms with Gasteiger partial charge in [0.1, 0.15) is 6.10 Å². The predicted octanol–water partition coefficient (Wildman–Crippen LogP) is 2.36. The second-order valence-electron chi connectivity index (χ2n) is 4.44. The topological polar surface area (TPSA) is 63.6 Å². The number of carboxylic acid groups (broad SMARTS) is 1. The van der Waals surface area contributed by atoms with E-state index in [9.17, 15) is 9.59 Å². The van der Waals surface area contributed by atoms with Gasteiger partial charge in [0, 0.05) is 0 Å². The molecule has 1 heterocycles. The zero-order valence-corrected chi connectivity index (χ0v) is 9.78. The SMILES string of the molecule is CCCCCCC1CC(CC(=O)O)C(=O)O1. The number of aliphatic carboxylic acids is 1. The van der Waals surface area contributed by atoms with Gasteiger partial charge in [0.05, 0.1) is 12.3 Å². The third-order valence-electron chi connectivity index (χ3n) is 2.96. The van der Waals surface area contributed by atoms with Crippen LogP contribution < -0.4 is 0 Å². The monoisotopic (exact) mass is 228 g/mol. The Morgan fingerprint density at radius 2 is 2.19 bits per heavy atom. The minimum atomic E-state index is -0.923. The molecule has 0 spiro atoms. The average molecular weight is 228 g/mol. The number of hydrogen-bond donors (Lipinski definition) is 1. The van der Waals surface area contributed by atoms with Crippen molar-refractivity contribution in [3.05, 3.63) is 0 Å². The van der Waals surface area contributed by atoms with Crippen LogP contribution in [0.15, 0.2) is 0 Å². The summed E-state index contributed by atoms with van der Waals surface area (Å²) in [5.74, 6) is -1.68. The molecule has 2 unspecified atom stereocenters. The van der Waals surface area contributed by atoms with Gasteiger partial charge in [0.2, 0.25) is 0 Å². The molecule has 0 amide bonds. The van der Waals surface area contributed by atoms with Crippen molar-refractivity contribution < 1.29 is 19.4 Å². The second kappa shape index (κ2) is 6.51. The maximum atomic E-state index is 11.3. The fourth-order valence-corrected chi connectivity index (χ4v) is 2.08. The summed E-state index contributed by atoms with van der Waals surface area (Å²) in [5, 5.41) is 8.62. The van der Waals surface area contributed by atoms with Crippen LogP contribution >= 0.6 is 0 Å². The van der Waals surface area contributed by atoms with Crippen LogP contribution in [0.25, 0.3) is 0 Å². The van der Waals surface area contributed by atoms with Crippen LogP contribution in [0, 0.1) is 5.92 Å². The van der Waals surface area contributed by atoms with Crippen molar-refractivity contribution in [2.45, 2.75) is 58.0 Å². The van der Waals surface area contributed by atoms with E-state index < -0.39 is 11.9 Å². The molecule has 0 saturated carbocycles. The summed E-state index contributed by atoms with van der Waals surface area (Å²) in [6, 6.07) is 0. The van der Waals surface area contributed by atoms with Crippen LogP contribution in [0.1, 0.15) is 51.9 Å². The van der Waals surface area contributed by atoms with Gasteiger partial charge >= 0.3 is 11.9 Å². The summed E-state index contributed by atoms with van der Waals surface area (Å²) in [6.07, 6.45) is 5.93. The highest BCUT2D eigenvalue weighted by atomic mass is 16.6. The van der Waals surface area contributed by atoms with Gasteiger partial charge in [0.15, 0.2) is 0 Å². The standard InChI is InChI=1S/C12H20O4/c1-2-3-4-5-6-10-7-9(8-11(13)14)12(15)16-10/h9-10H,2-8H2,1H3,(H,13,14). The first-order valence-corrected chi connectivity index (χ1v) is 6.05. The highest BCUT2D eigenvalue weighted by Crippen LogP contribution is 2.27. The van der Waals surface area contributed by atoms with Gasteiger partial charge in [-0.3, -0.25) is 9.59 Å². The number of hydrogen-bond acceptors (Lipinski definition) is 3. The smallest absolute Gasteiger partial charge is 0.309 e. The highest BCUT2D eigenvalue weighted by Gasteiger charge is 2.35. The van der Waals surface area contributed by atoms with E-state index in [0.717, 1.165) is 19.3 Å². The number of carbonyl (C=O) groups excluding carboxylic acids is 1. The van der Waals surface area contributed by atoms with E-state index in [2.05, 4.69) is 6.92 Å². The molecule has 1 aliphatic rings. The quantitative estimate of drug-likeness (QED) is 0.536. The molecule has 0 aromatic heterocycles. The molecule has 0 radical (unpaired) electrons. The lowest BCUT2D eigenvalue weighted by Gasteiger charge is -2.07. The summed E-state index contributed by atoms with van der Waals surface area (Å²) >= 11 is 0. The molecule has 2 atom stereocenters.